The Hall–Kier alpha value is -1.25. The first-order valence-electron chi connectivity index (χ1n) is 7.22. The van der Waals surface area contributed by atoms with Gasteiger partial charge in [0.2, 0.25) is 0 Å². The van der Waals surface area contributed by atoms with Gasteiger partial charge >= 0.3 is 21.7 Å². The van der Waals surface area contributed by atoms with Gasteiger partial charge in [0.1, 0.15) is 0 Å². The van der Waals surface area contributed by atoms with Crippen molar-refractivity contribution in [3.05, 3.63) is 90.3 Å². The number of aromatic nitrogens is 1. The number of benzene rings is 1. The molecule has 0 aliphatic heterocycles. The van der Waals surface area contributed by atoms with E-state index in [1.807, 2.05) is 12.1 Å². The molecule has 1 heterocycles. The predicted molar refractivity (Wildman–Crippen MR) is 90.4 cm³/mol. The third-order valence-electron chi connectivity index (χ3n) is 3.82. The molecule has 0 spiro atoms. The van der Waals surface area contributed by atoms with Crippen molar-refractivity contribution in [2.24, 2.45) is 0 Å². The zero-order valence-corrected chi connectivity index (χ0v) is 16.8. The van der Waals surface area contributed by atoms with Gasteiger partial charge in [0, 0.05) is 12.4 Å². The molecule has 0 unspecified atom stereocenters. The molecule has 24 heavy (non-hydrogen) atoms. The fourth-order valence-electron chi connectivity index (χ4n) is 2.39. The summed E-state index contributed by atoms with van der Waals surface area (Å²) in [5.41, 5.74) is 4.01. The largest absolute Gasteiger partial charge is 4.00 e. The van der Waals surface area contributed by atoms with Gasteiger partial charge in [-0.15, -0.1) is 41.1 Å². The summed E-state index contributed by atoms with van der Waals surface area (Å²) in [5, 5.41) is 2.60. The zero-order valence-electron chi connectivity index (χ0n) is 13.7. The van der Waals surface area contributed by atoms with E-state index in [0.29, 0.717) is 0 Å². The average Bonchev–Trinajstić information content (AvgIpc) is 3.21. The van der Waals surface area contributed by atoms with E-state index in [1.165, 1.54) is 27.6 Å². The molecule has 4 rings (SSSR count). The number of hydrogen-bond donors (Lipinski definition) is 0. The standard InChI is InChI=1S/C13H10N.C7H9.2ClH.Ti/c1-2-6-12-10-13(9-11(12)5-1)14-7-3-4-8-14;1-6-4-3-5-7(6)2;;;/h1-10H;3-5H,1-2H3;2*1H;/q2*-1;;;+4/p-2. The number of nitrogens with zero attached hydrogens (tertiary/aromatic N) is 1. The summed E-state index contributed by atoms with van der Waals surface area (Å²) in [6.07, 6.45) is 4.13. The second-order valence-corrected chi connectivity index (χ2v) is 5.32. The molecule has 0 aliphatic carbocycles. The molecule has 3 aromatic carbocycles. The Balaban J connectivity index is 0.000000463. The molecule has 1 nitrogen and oxygen atoms in total. The van der Waals surface area contributed by atoms with E-state index < -0.39 is 0 Å². The zero-order chi connectivity index (χ0) is 14.7. The number of halogens is 2. The molecule has 0 radical (unpaired) electrons. The van der Waals surface area contributed by atoms with Gasteiger partial charge in [0.15, 0.2) is 0 Å². The first-order chi connectivity index (χ1) is 10.2. The second-order valence-electron chi connectivity index (χ2n) is 5.32. The van der Waals surface area contributed by atoms with E-state index >= 15 is 0 Å². The fourth-order valence-corrected chi connectivity index (χ4v) is 2.39. The Labute approximate surface area is 171 Å². The van der Waals surface area contributed by atoms with Crippen molar-refractivity contribution in [3.63, 3.8) is 0 Å². The van der Waals surface area contributed by atoms with Crippen molar-refractivity contribution in [1.29, 1.82) is 0 Å². The molecule has 0 bridgehead atoms. The molecule has 122 valence electrons. The van der Waals surface area contributed by atoms with E-state index in [2.05, 4.69) is 85.4 Å². The number of hydrogen-bond acceptors (Lipinski definition) is 0. The van der Waals surface area contributed by atoms with Crippen LogP contribution in [0.3, 0.4) is 0 Å². The average molecular weight is 392 g/mol. The third kappa shape index (κ3) is 5.39. The first-order valence-corrected chi connectivity index (χ1v) is 7.22. The predicted octanol–water partition coefficient (Wildman–Crippen LogP) is -0.623. The third-order valence-corrected chi connectivity index (χ3v) is 3.82. The van der Waals surface area contributed by atoms with Crippen molar-refractivity contribution in [2.75, 3.05) is 0 Å². The maximum Gasteiger partial charge on any atom is 4.00 e. The fraction of sp³-hybridized carbons (Fsp3) is 0.100. The Morgan fingerprint density at radius 1 is 0.917 bits per heavy atom. The van der Waals surface area contributed by atoms with Crippen molar-refractivity contribution >= 4 is 10.8 Å². The molecule has 0 amide bonds. The maximum atomic E-state index is 2.20. The Morgan fingerprint density at radius 2 is 1.58 bits per heavy atom. The van der Waals surface area contributed by atoms with Gasteiger partial charge in [0.25, 0.3) is 0 Å². The first kappa shape index (κ1) is 22.8. The second kappa shape index (κ2) is 10.6. The molecule has 0 atom stereocenters. The summed E-state index contributed by atoms with van der Waals surface area (Å²) in [6.45, 7) is 4.24. The Bertz CT molecular complexity index is 779. The molecule has 0 aliphatic rings. The van der Waals surface area contributed by atoms with Gasteiger partial charge in [0.05, 0.1) is 0 Å². The van der Waals surface area contributed by atoms with E-state index in [0.717, 1.165) is 0 Å². The number of rotatable bonds is 1. The van der Waals surface area contributed by atoms with Crippen LogP contribution in [-0.2, 0) is 21.7 Å². The van der Waals surface area contributed by atoms with Crippen molar-refractivity contribution in [2.45, 2.75) is 13.8 Å². The van der Waals surface area contributed by atoms with E-state index in [9.17, 15) is 0 Å². The van der Waals surface area contributed by atoms with Crippen LogP contribution in [0, 0.1) is 13.8 Å². The van der Waals surface area contributed by atoms with Gasteiger partial charge in [-0.25, -0.2) is 12.1 Å². The van der Waals surface area contributed by atoms with E-state index in [1.54, 1.807) is 0 Å². The summed E-state index contributed by atoms with van der Waals surface area (Å²) >= 11 is 0. The van der Waals surface area contributed by atoms with Crippen LogP contribution in [0.4, 0.5) is 0 Å². The molecule has 0 saturated carbocycles. The molecule has 1 aromatic heterocycles. The maximum absolute atomic E-state index is 2.20. The van der Waals surface area contributed by atoms with Gasteiger partial charge in [-0.1, -0.05) is 19.9 Å². The minimum Gasteiger partial charge on any atom is -1.00 e. The Morgan fingerprint density at radius 3 is 2.08 bits per heavy atom. The van der Waals surface area contributed by atoms with Crippen LogP contribution in [0.15, 0.2) is 79.1 Å². The van der Waals surface area contributed by atoms with Crippen LogP contribution >= 0.6 is 0 Å². The number of aryl methyl sites for hydroxylation is 2. The minimum absolute atomic E-state index is 0. The molecule has 4 aromatic rings. The van der Waals surface area contributed by atoms with Gasteiger partial charge in [-0.05, 0) is 17.8 Å². The van der Waals surface area contributed by atoms with Crippen LogP contribution in [0.25, 0.3) is 16.5 Å². The van der Waals surface area contributed by atoms with Gasteiger partial charge < -0.3 is 29.4 Å². The topological polar surface area (TPSA) is 4.93 Å². The van der Waals surface area contributed by atoms with Crippen LogP contribution in [0.1, 0.15) is 11.1 Å². The minimum atomic E-state index is 0. The van der Waals surface area contributed by atoms with Crippen LogP contribution in [0.5, 0.6) is 0 Å². The molecular formula is C20H19Cl2NTi. The molecule has 0 saturated heterocycles. The SMILES string of the molecule is Cc1ccc[c-]1C.[Cl-].[Cl-].[Ti+4].c1ccc2[cH-]c(-n3cccc3)cc2c1. The van der Waals surface area contributed by atoms with Crippen molar-refractivity contribution < 1.29 is 46.5 Å². The molecule has 0 N–H and O–H groups in total. The van der Waals surface area contributed by atoms with Crippen molar-refractivity contribution in [1.82, 2.24) is 4.57 Å². The van der Waals surface area contributed by atoms with Crippen molar-refractivity contribution in [3.8, 4) is 5.69 Å². The van der Waals surface area contributed by atoms with E-state index in [-0.39, 0.29) is 46.5 Å². The van der Waals surface area contributed by atoms with Crippen LogP contribution < -0.4 is 24.8 Å². The molecule has 0 fully saturated rings. The van der Waals surface area contributed by atoms with Gasteiger partial charge in [-0.3, -0.25) is 0 Å². The summed E-state index contributed by atoms with van der Waals surface area (Å²) in [5.74, 6) is 0. The summed E-state index contributed by atoms with van der Waals surface area (Å²) in [7, 11) is 0. The summed E-state index contributed by atoms with van der Waals surface area (Å²) < 4.78 is 2.12. The smallest absolute Gasteiger partial charge is 1.00 e. The quantitative estimate of drug-likeness (QED) is 0.301. The summed E-state index contributed by atoms with van der Waals surface area (Å²) in [6, 6.07) is 23.2. The Kier molecular flexibility index (Phi) is 10.0. The van der Waals surface area contributed by atoms with E-state index in [4.69, 9.17) is 0 Å². The number of fused-ring (bicyclic) bond motifs is 1. The summed E-state index contributed by atoms with van der Waals surface area (Å²) in [4.78, 5) is 0. The van der Waals surface area contributed by atoms with Crippen LogP contribution in [-0.4, -0.2) is 4.57 Å². The normalized spacial score (nSPS) is 9.08. The molecule has 4 heteroatoms. The van der Waals surface area contributed by atoms with Crippen LogP contribution in [0.2, 0.25) is 0 Å². The van der Waals surface area contributed by atoms with Gasteiger partial charge in [-0.2, -0.15) is 17.2 Å². The molecular weight excluding hydrogens is 373 g/mol. The monoisotopic (exact) mass is 391 g/mol.